The molecule has 144 valence electrons. The third kappa shape index (κ3) is 3.60. The summed E-state index contributed by atoms with van der Waals surface area (Å²) < 4.78 is 14.0. The Kier molecular flexibility index (Phi) is 5.04. The van der Waals surface area contributed by atoms with Crippen LogP contribution < -0.4 is 14.8 Å². The van der Waals surface area contributed by atoms with E-state index in [0.717, 1.165) is 15.6 Å². The molecule has 4 rings (SSSR count). The Balaban J connectivity index is 1.63. The Morgan fingerprint density at radius 1 is 1.25 bits per heavy atom. The van der Waals surface area contributed by atoms with Gasteiger partial charge in [-0.3, -0.25) is 10.1 Å². The largest absolute Gasteiger partial charge is 0.493 e. The van der Waals surface area contributed by atoms with Gasteiger partial charge in [0, 0.05) is 4.47 Å². The lowest BCUT2D eigenvalue weighted by Crippen LogP contribution is -2.29. The van der Waals surface area contributed by atoms with Gasteiger partial charge in [-0.25, -0.2) is 4.68 Å². The van der Waals surface area contributed by atoms with Crippen molar-refractivity contribution in [2.75, 3.05) is 12.4 Å². The summed E-state index contributed by atoms with van der Waals surface area (Å²) in [6, 6.07) is 11.7. The fourth-order valence-corrected chi connectivity index (χ4v) is 3.76. The molecule has 1 amide bonds. The number of nitrogens with one attached hydrogen (secondary N) is 1. The summed E-state index contributed by atoms with van der Waals surface area (Å²) in [4.78, 5) is 16.2. The Hall–Kier alpha value is -2.87. The molecule has 8 heteroatoms. The number of hydrogen-bond acceptors (Lipinski definition) is 5. The van der Waals surface area contributed by atoms with Gasteiger partial charge < -0.3 is 9.47 Å². The lowest BCUT2D eigenvalue weighted by Gasteiger charge is -2.25. The molecule has 0 aliphatic carbocycles. The van der Waals surface area contributed by atoms with Crippen LogP contribution in [0.15, 0.2) is 47.2 Å². The van der Waals surface area contributed by atoms with Crippen molar-refractivity contribution in [3.8, 4) is 11.5 Å². The van der Waals surface area contributed by atoms with E-state index in [1.165, 1.54) is 11.9 Å². The Bertz CT molecular complexity index is 1020. The van der Waals surface area contributed by atoms with E-state index >= 15 is 0 Å². The zero-order valence-corrected chi connectivity index (χ0v) is 17.1. The van der Waals surface area contributed by atoms with E-state index in [1.807, 2.05) is 24.3 Å². The quantitative estimate of drug-likeness (QED) is 0.648. The maximum absolute atomic E-state index is 12.1. The van der Waals surface area contributed by atoms with Crippen molar-refractivity contribution < 1.29 is 14.3 Å². The second kappa shape index (κ2) is 7.63. The maximum atomic E-state index is 12.1. The number of rotatable bonds is 5. The number of anilines is 1. The van der Waals surface area contributed by atoms with Gasteiger partial charge in [0.05, 0.1) is 19.6 Å². The number of methoxy groups -OCH3 is 1. The van der Waals surface area contributed by atoms with Gasteiger partial charge in [-0.1, -0.05) is 45.8 Å². The van der Waals surface area contributed by atoms with Crippen molar-refractivity contribution in [2.24, 2.45) is 0 Å². The first-order chi connectivity index (χ1) is 13.5. The van der Waals surface area contributed by atoms with E-state index in [4.69, 9.17) is 9.47 Å². The predicted octanol–water partition coefficient (Wildman–Crippen LogP) is 3.87. The highest BCUT2D eigenvalue weighted by Crippen LogP contribution is 2.40. The number of carbonyl (C=O) groups excluding carboxylic acids is 1. The van der Waals surface area contributed by atoms with Gasteiger partial charge in [-0.15, -0.1) is 0 Å². The molecule has 0 saturated carbocycles. The highest BCUT2D eigenvalue weighted by Gasteiger charge is 2.30. The highest BCUT2D eigenvalue weighted by molar-refractivity contribution is 9.10. The van der Waals surface area contributed by atoms with Crippen LogP contribution in [0.25, 0.3) is 0 Å². The third-order valence-electron chi connectivity index (χ3n) is 4.66. The second-order valence-electron chi connectivity index (χ2n) is 6.60. The number of nitrogens with zero attached hydrogens (tertiary/aromatic N) is 3. The molecule has 0 radical (unpaired) electrons. The molecular formula is C20H19BrN4O3. The van der Waals surface area contributed by atoms with E-state index < -0.39 is 0 Å². The van der Waals surface area contributed by atoms with Crippen LogP contribution >= 0.6 is 15.9 Å². The van der Waals surface area contributed by atoms with Crippen molar-refractivity contribution in [1.82, 2.24) is 14.8 Å². The van der Waals surface area contributed by atoms with Crippen molar-refractivity contribution in [2.45, 2.75) is 26.0 Å². The molecule has 1 aliphatic heterocycles. The number of halogens is 1. The van der Waals surface area contributed by atoms with Crippen LogP contribution in [0, 0.1) is 6.92 Å². The summed E-state index contributed by atoms with van der Waals surface area (Å²) >= 11 is 3.61. The molecule has 0 fully saturated rings. The van der Waals surface area contributed by atoms with Crippen LogP contribution in [0.2, 0.25) is 0 Å². The molecule has 0 unspecified atom stereocenters. The second-order valence-corrected chi connectivity index (χ2v) is 7.45. The molecule has 0 spiro atoms. The number of aryl methyl sites for hydroxylation is 1. The Labute approximate surface area is 170 Å². The van der Waals surface area contributed by atoms with E-state index in [0.29, 0.717) is 24.1 Å². The summed E-state index contributed by atoms with van der Waals surface area (Å²) in [6.45, 7) is 2.48. The van der Waals surface area contributed by atoms with Crippen LogP contribution in [0.3, 0.4) is 0 Å². The lowest BCUT2D eigenvalue weighted by atomic mass is 10.0. The number of ether oxygens (including phenoxy) is 2. The SMILES string of the molecule is COc1cc([C@@H]2CC(=O)Nc3ncnn32)c(Br)cc1OCc1ccc(C)cc1. The highest BCUT2D eigenvalue weighted by atomic mass is 79.9. The summed E-state index contributed by atoms with van der Waals surface area (Å²) in [5, 5.41) is 6.97. The third-order valence-corrected chi connectivity index (χ3v) is 5.34. The normalized spacial score (nSPS) is 15.7. The lowest BCUT2D eigenvalue weighted by molar-refractivity contribution is -0.117. The number of amides is 1. The first-order valence-corrected chi connectivity index (χ1v) is 9.59. The van der Waals surface area contributed by atoms with Crippen molar-refractivity contribution in [1.29, 1.82) is 0 Å². The van der Waals surface area contributed by atoms with Gasteiger partial charge in [0.2, 0.25) is 11.9 Å². The first-order valence-electron chi connectivity index (χ1n) is 8.80. The zero-order valence-electron chi connectivity index (χ0n) is 15.5. The number of aromatic nitrogens is 3. The molecule has 1 atom stereocenters. The fourth-order valence-electron chi connectivity index (χ4n) is 3.17. The van der Waals surface area contributed by atoms with Crippen LogP contribution in [0.1, 0.15) is 29.2 Å². The molecule has 7 nitrogen and oxygen atoms in total. The van der Waals surface area contributed by atoms with Crippen LogP contribution in [0.5, 0.6) is 11.5 Å². The number of benzene rings is 2. The molecule has 1 aromatic heterocycles. The summed E-state index contributed by atoms with van der Waals surface area (Å²) in [6.07, 6.45) is 1.69. The van der Waals surface area contributed by atoms with Crippen LogP contribution in [-0.4, -0.2) is 27.8 Å². The minimum Gasteiger partial charge on any atom is -0.493 e. The van der Waals surface area contributed by atoms with Gasteiger partial charge in [0.15, 0.2) is 11.5 Å². The molecule has 2 aromatic carbocycles. The van der Waals surface area contributed by atoms with Crippen molar-refractivity contribution in [3.05, 3.63) is 63.9 Å². The van der Waals surface area contributed by atoms with Crippen molar-refractivity contribution in [3.63, 3.8) is 0 Å². The maximum Gasteiger partial charge on any atom is 0.229 e. The minimum absolute atomic E-state index is 0.101. The molecular weight excluding hydrogens is 424 g/mol. The van der Waals surface area contributed by atoms with E-state index in [2.05, 4.69) is 50.4 Å². The fraction of sp³-hybridized carbons (Fsp3) is 0.250. The van der Waals surface area contributed by atoms with Crippen molar-refractivity contribution >= 4 is 27.8 Å². The molecule has 0 bridgehead atoms. The van der Waals surface area contributed by atoms with Crippen LogP contribution in [-0.2, 0) is 11.4 Å². The Morgan fingerprint density at radius 2 is 2.04 bits per heavy atom. The van der Waals surface area contributed by atoms with Gasteiger partial charge in [0.25, 0.3) is 0 Å². The topological polar surface area (TPSA) is 78.3 Å². The molecule has 1 N–H and O–H groups in total. The molecule has 0 saturated heterocycles. The van der Waals surface area contributed by atoms with E-state index in [9.17, 15) is 4.79 Å². The number of carbonyl (C=O) groups is 1. The average Bonchev–Trinajstić information content (AvgIpc) is 3.15. The minimum atomic E-state index is -0.277. The van der Waals surface area contributed by atoms with E-state index in [1.54, 1.807) is 11.8 Å². The summed E-state index contributed by atoms with van der Waals surface area (Å²) in [7, 11) is 1.60. The zero-order chi connectivity index (χ0) is 19.7. The van der Waals surface area contributed by atoms with E-state index in [-0.39, 0.29) is 18.4 Å². The summed E-state index contributed by atoms with van der Waals surface area (Å²) in [5.41, 5.74) is 3.16. The monoisotopic (exact) mass is 442 g/mol. The summed E-state index contributed by atoms with van der Waals surface area (Å²) in [5.74, 6) is 1.55. The first kappa shape index (κ1) is 18.5. The number of fused-ring (bicyclic) bond motifs is 1. The van der Waals surface area contributed by atoms with Gasteiger partial charge in [0.1, 0.15) is 12.9 Å². The molecule has 28 heavy (non-hydrogen) atoms. The molecule has 3 aromatic rings. The van der Waals surface area contributed by atoms with Crippen LogP contribution in [0.4, 0.5) is 5.95 Å². The molecule has 1 aliphatic rings. The Morgan fingerprint density at radius 3 is 2.79 bits per heavy atom. The average molecular weight is 443 g/mol. The number of hydrogen-bond donors (Lipinski definition) is 1. The van der Waals surface area contributed by atoms with Gasteiger partial charge >= 0.3 is 0 Å². The molecule has 2 heterocycles. The van der Waals surface area contributed by atoms with Gasteiger partial charge in [-0.2, -0.15) is 10.1 Å². The standard InChI is InChI=1S/C20H19BrN4O3/c1-12-3-5-13(6-4-12)10-28-18-8-15(21)14(7-17(18)27-2)16-9-19(26)24-20-22-11-23-25(16)20/h3-8,11,16H,9-10H2,1-2H3,(H,22,23,24,26)/t16-/m0/s1. The predicted molar refractivity (Wildman–Crippen MR) is 108 cm³/mol. The smallest absolute Gasteiger partial charge is 0.229 e. The van der Waals surface area contributed by atoms with Gasteiger partial charge in [-0.05, 0) is 30.2 Å².